The summed E-state index contributed by atoms with van der Waals surface area (Å²) in [5, 5.41) is 4.68. The molecule has 1 aromatic carbocycles. The average Bonchev–Trinajstić information content (AvgIpc) is 2.99. The molecule has 1 amide bonds. The summed E-state index contributed by atoms with van der Waals surface area (Å²) in [4.78, 5) is 33.2. The zero-order chi connectivity index (χ0) is 17.8. The van der Waals surface area contributed by atoms with Gasteiger partial charge in [0.05, 0.1) is 17.1 Å². The molecule has 130 valence electrons. The minimum Gasteiger partial charge on any atom is -0.341 e. The quantitative estimate of drug-likeness (QED) is 0.740. The van der Waals surface area contributed by atoms with Gasteiger partial charge >= 0.3 is 0 Å². The minimum absolute atomic E-state index is 0.0620. The highest BCUT2D eigenvalue weighted by molar-refractivity contribution is 5.77. The lowest BCUT2D eigenvalue weighted by Crippen LogP contribution is -2.26. The molecule has 7 heteroatoms. The summed E-state index contributed by atoms with van der Waals surface area (Å²) < 4.78 is 1.72. The van der Waals surface area contributed by atoms with E-state index in [2.05, 4.69) is 15.1 Å². The van der Waals surface area contributed by atoms with Crippen LogP contribution in [-0.4, -0.2) is 37.6 Å². The van der Waals surface area contributed by atoms with Gasteiger partial charge in [-0.15, -0.1) is 0 Å². The van der Waals surface area contributed by atoms with E-state index in [-0.39, 0.29) is 11.5 Å². The van der Waals surface area contributed by atoms with Crippen molar-refractivity contribution in [2.24, 2.45) is 7.05 Å². The maximum absolute atomic E-state index is 12.2. The molecule has 2 aromatic heterocycles. The molecule has 0 spiro atoms. The number of carbonyl (C=O) groups excluding carboxylic acids is 1. The van der Waals surface area contributed by atoms with Crippen LogP contribution in [0.1, 0.15) is 24.2 Å². The molecule has 0 aliphatic carbocycles. The highest BCUT2D eigenvalue weighted by atomic mass is 16.2. The van der Waals surface area contributed by atoms with E-state index < -0.39 is 0 Å². The Morgan fingerprint density at radius 1 is 1.32 bits per heavy atom. The van der Waals surface area contributed by atoms with E-state index in [4.69, 9.17) is 0 Å². The predicted molar refractivity (Wildman–Crippen MR) is 95.0 cm³/mol. The number of hydrogen-bond acceptors (Lipinski definition) is 4. The zero-order valence-corrected chi connectivity index (χ0v) is 14.4. The second kappa shape index (κ2) is 7.29. The van der Waals surface area contributed by atoms with Crippen LogP contribution in [0.15, 0.2) is 41.5 Å². The number of nitrogens with one attached hydrogen (secondary N) is 1. The second-order valence-corrected chi connectivity index (χ2v) is 6.16. The lowest BCUT2D eigenvalue weighted by molar-refractivity contribution is -0.130. The molecule has 25 heavy (non-hydrogen) atoms. The Bertz CT molecular complexity index is 944. The first-order chi connectivity index (χ1) is 12.0. The summed E-state index contributed by atoms with van der Waals surface area (Å²) in [7, 11) is 3.63. The number of fused-ring (bicyclic) bond motifs is 1. The van der Waals surface area contributed by atoms with Crippen LogP contribution in [0.4, 0.5) is 0 Å². The lowest BCUT2D eigenvalue weighted by Gasteiger charge is -2.16. The number of para-hydroxylation sites is 1. The average molecular weight is 339 g/mol. The number of aromatic amines is 1. The van der Waals surface area contributed by atoms with Crippen molar-refractivity contribution >= 4 is 16.8 Å². The SMILES string of the molecule is CN(Cc1cnn(C)c1)C(=O)CCCc1nc2ccccc2c(=O)[nH]1. The molecule has 0 radical (unpaired) electrons. The predicted octanol–water partition coefficient (Wildman–Crippen LogP) is 1.64. The first-order valence-electron chi connectivity index (χ1n) is 8.22. The number of rotatable bonds is 6. The molecule has 3 aromatic rings. The van der Waals surface area contributed by atoms with Crippen LogP contribution in [0.25, 0.3) is 10.9 Å². The van der Waals surface area contributed by atoms with Crippen LogP contribution in [0.5, 0.6) is 0 Å². The van der Waals surface area contributed by atoms with Gasteiger partial charge in [0.25, 0.3) is 5.56 Å². The molecule has 3 rings (SSSR count). The van der Waals surface area contributed by atoms with E-state index in [1.807, 2.05) is 31.4 Å². The largest absolute Gasteiger partial charge is 0.341 e. The molecular weight excluding hydrogens is 318 g/mol. The number of amides is 1. The van der Waals surface area contributed by atoms with Crippen LogP contribution < -0.4 is 5.56 Å². The summed E-state index contributed by atoms with van der Waals surface area (Å²) >= 11 is 0. The highest BCUT2D eigenvalue weighted by Gasteiger charge is 2.11. The molecule has 0 unspecified atom stereocenters. The van der Waals surface area contributed by atoms with Crippen LogP contribution in [-0.2, 0) is 24.8 Å². The van der Waals surface area contributed by atoms with Gasteiger partial charge in [-0.25, -0.2) is 4.98 Å². The molecular formula is C18H21N5O2. The Hall–Kier alpha value is -2.96. The summed E-state index contributed by atoms with van der Waals surface area (Å²) in [6.45, 7) is 0.539. The van der Waals surface area contributed by atoms with Gasteiger partial charge in [-0.2, -0.15) is 5.10 Å². The van der Waals surface area contributed by atoms with Gasteiger partial charge in [-0.3, -0.25) is 14.3 Å². The highest BCUT2D eigenvalue weighted by Crippen LogP contribution is 2.09. The van der Waals surface area contributed by atoms with Gasteiger partial charge in [-0.05, 0) is 18.6 Å². The summed E-state index contributed by atoms with van der Waals surface area (Å²) in [5.41, 5.74) is 1.54. The Morgan fingerprint density at radius 2 is 2.12 bits per heavy atom. The maximum Gasteiger partial charge on any atom is 0.258 e. The summed E-state index contributed by atoms with van der Waals surface area (Å²) in [6.07, 6.45) is 5.26. The second-order valence-electron chi connectivity index (χ2n) is 6.16. The standard InChI is InChI=1S/C18H21N5O2/c1-22(11-13-10-19-23(2)12-13)17(24)9-5-8-16-20-15-7-4-3-6-14(15)18(25)21-16/h3-4,6-7,10,12H,5,8-9,11H2,1-2H3,(H,20,21,25). The van der Waals surface area contributed by atoms with E-state index in [0.29, 0.717) is 42.5 Å². The molecule has 1 N–H and O–H groups in total. The van der Waals surface area contributed by atoms with E-state index in [1.165, 1.54) is 0 Å². The van der Waals surface area contributed by atoms with Crippen LogP contribution >= 0.6 is 0 Å². The fraction of sp³-hybridized carbons (Fsp3) is 0.333. The minimum atomic E-state index is -0.138. The van der Waals surface area contributed by atoms with Crippen molar-refractivity contribution in [1.29, 1.82) is 0 Å². The molecule has 0 bridgehead atoms. The molecule has 0 fully saturated rings. The summed E-state index contributed by atoms with van der Waals surface area (Å²) in [6, 6.07) is 7.24. The third-order valence-corrected chi connectivity index (χ3v) is 4.07. The molecule has 0 saturated carbocycles. The van der Waals surface area contributed by atoms with Gasteiger partial charge < -0.3 is 9.88 Å². The van der Waals surface area contributed by atoms with Gasteiger partial charge in [0.2, 0.25) is 5.91 Å². The number of aryl methyl sites for hydroxylation is 2. The molecule has 7 nitrogen and oxygen atoms in total. The normalized spacial score (nSPS) is 11.0. The Kier molecular flexibility index (Phi) is 4.92. The van der Waals surface area contributed by atoms with Gasteiger partial charge in [0.1, 0.15) is 5.82 Å². The van der Waals surface area contributed by atoms with Crippen molar-refractivity contribution in [1.82, 2.24) is 24.6 Å². The van der Waals surface area contributed by atoms with Crippen molar-refractivity contribution in [3.63, 3.8) is 0 Å². The molecule has 0 aliphatic rings. The maximum atomic E-state index is 12.2. The van der Waals surface area contributed by atoms with Gasteiger partial charge in [-0.1, -0.05) is 12.1 Å². The third kappa shape index (κ3) is 4.12. The Morgan fingerprint density at radius 3 is 2.88 bits per heavy atom. The summed E-state index contributed by atoms with van der Waals surface area (Å²) in [5.74, 6) is 0.679. The third-order valence-electron chi connectivity index (χ3n) is 4.07. The van der Waals surface area contributed by atoms with Crippen molar-refractivity contribution < 1.29 is 4.79 Å². The topological polar surface area (TPSA) is 83.9 Å². The zero-order valence-electron chi connectivity index (χ0n) is 14.4. The first kappa shape index (κ1) is 16.9. The number of nitrogens with zero attached hydrogens (tertiary/aromatic N) is 4. The molecule has 0 atom stereocenters. The van der Waals surface area contributed by atoms with Crippen molar-refractivity contribution in [2.75, 3.05) is 7.05 Å². The van der Waals surface area contributed by atoms with Crippen molar-refractivity contribution in [2.45, 2.75) is 25.8 Å². The lowest BCUT2D eigenvalue weighted by atomic mass is 10.2. The fourth-order valence-electron chi connectivity index (χ4n) is 2.77. The monoisotopic (exact) mass is 339 g/mol. The van der Waals surface area contributed by atoms with E-state index in [9.17, 15) is 9.59 Å². The van der Waals surface area contributed by atoms with Crippen molar-refractivity contribution in [3.05, 3.63) is 58.4 Å². The van der Waals surface area contributed by atoms with Crippen LogP contribution in [0.2, 0.25) is 0 Å². The van der Waals surface area contributed by atoms with Crippen molar-refractivity contribution in [3.8, 4) is 0 Å². The number of H-pyrrole nitrogens is 1. The number of carbonyl (C=O) groups is 1. The van der Waals surface area contributed by atoms with Crippen LogP contribution in [0.3, 0.4) is 0 Å². The molecule has 0 saturated heterocycles. The Labute approximate surface area is 145 Å². The van der Waals surface area contributed by atoms with E-state index in [0.717, 1.165) is 5.56 Å². The number of aromatic nitrogens is 4. The molecule has 2 heterocycles. The van der Waals surface area contributed by atoms with Gasteiger partial charge in [0, 0.05) is 45.2 Å². The smallest absolute Gasteiger partial charge is 0.258 e. The number of hydrogen-bond donors (Lipinski definition) is 1. The first-order valence-corrected chi connectivity index (χ1v) is 8.22. The van der Waals surface area contributed by atoms with E-state index >= 15 is 0 Å². The Balaban J connectivity index is 1.55. The van der Waals surface area contributed by atoms with E-state index in [1.54, 1.807) is 28.9 Å². The fourth-order valence-corrected chi connectivity index (χ4v) is 2.77. The van der Waals surface area contributed by atoms with Crippen LogP contribution in [0, 0.1) is 0 Å². The van der Waals surface area contributed by atoms with Gasteiger partial charge in [0.15, 0.2) is 0 Å². The molecule has 0 aliphatic heterocycles. The number of benzene rings is 1.